The van der Waals surface area contributed by atoms with Crippen molar-refractivity contribution in [2.45, 2.75) is 19.4 Å². The molecule has 0 saturated heterocycles. The lowest BCUT2D eigenvalue weighted by molar-refractivity contribution is -0.147. The molecule has 4 nitrogen and oxygen atoms in total. The van der Waals surface area contributed by atoms with Crippen molar-refractivity contribution < 1.29 is 19.4 Å². The third-order valence-electron chi connectivity index (χ3n) is 2.19. The molecule has 1 atom stereocenters. The number of rotatable bonds is 5. The molecule has 0 heterocycles. The van der Waals surface area contributed by atoms with E-state index >= 15 is 0 Å². The molecule has 0 aliphatic carbocycles. The number of para-hydroxylation sites is 1. The van der Waals surface area contributed by atoms with Gasteiger partial charge in [0, 0.05) is 6.61 Å². The Kier molecular flexibility index (Phi) is 4.79. The van der Waals surface area contributed by atoms with Crippen LogP contribution in [0.4, 0.5) is 0 Å². The van der Waals surface area contributed by atoms with Crippen LogP contribution in [0.5, 0.6) is 5.75 Å². The van der Waals surface area contributed by atoms with Crippen molar-refractivity contribution in [3.8, 4) is 5.75 Å². The van der Waals surface area contributed by atoms with Crippen molar-refractivity contribution in [3.05, 3.63) is 29.8 Å². The first-order valence-corrected chi connectivity index (χ1v) is 5.12. The highest BCUT2D eigenvalue weighted by Crippen LogP contribution is 2.19. The van der Waals surface area contributed by atoms with E-state index in [2.05, 4.69) is 4.74 Å². The van der Waals surface area contributed by atoms with E-state index in [1.807, 2.05) is 18.2 Å². The molecule has 16 heavy (non-hydrogen) atoms. The average Bonchev–Trinajstić information content (AvgIpc) is 2.31. The number of aliphatic hydroxyl groups is 1. The number of methoxy groups -OCH3 is 1. The Bertz CT molecular complexity index is 349. The second-order valence-corrected chi connectivity index (χ2v) is 3.36. The number of hydrogen-bond donors (Lipinski definition) is 1. The van der Waals surface area contributed by atoms with Crippen LogP contribution in [-0.2, 0) is 16.0 Å². The monoisotopic (exact) mass is 224 g/mol. The Morgan fingerprint density at radius 2 is 2.12 bits per heavy atom. The second-order valence-electron chi connectivity index (χ2n) is 3.36. The maximum absolute atomic E-state index is 11.2. The van der Waals surface area contributed by atoms with Crippen LogP contribution in [-0.4, -0.2) is 30.9 Å². The van der Waals surface area contributed by atoms with E-state index in [-0.39, 0.29) is 6.61 Å². The zero-order valence-corrected chi connectivity index (χ0v) is 9.47. The quantitative estimate of drug-likeness (QED) is 0.762. The van der Waals surface area contributed by atoms with Gasteiger partial charge < -0.3 is 14.6 Å². The molecular formula is C12H16O4. The highest BCUT2D eigenvalue weighted by Gasteiger charge is 2.15. The lowest BCUT2D eigenvalue weighted by Crippen LogP contribution is -2.25. The molecule has 1 unspecified atom stereocenters. The fraction of sp³-hybridized carbons (Fsp3) is 0.417. The molecule has 88 valence electrons. The van der Waals surface area contributed by atoms with Gasteiger partial charge in [-0.1, -0.05) is 18.2 Å². The molecule has 1 N–H and O–H groups in total. The van der Waals surface area contributed by atoms with Gasteiger partial charge in [-0.05, 0) is 25.0 Å². The molecule has 0 aromatic heterocycles. The summed E-state index contributed by atoms with van der Waals surface area (Å²) in [6.07, 6.45) is -0.144. The lowest BCUT2D eigenvalue weighted by Gasteiger charge is -2.15. The van der Waals surface area contributed by atoms with Crippen LogP contribution >= 0.6 is 0 Å². The van der Waals surface area contributed by atoms with Crippen LogP contribution in [0.25, 0.3) is 0 Å². The smallest absolute Gasteiger partial charge is 0.346 e. The third kappa shape index (κ3) is 3.24. The van der Waals surface area contributed by atoms with E-state index in [9.17, 15) is 4.79 Å². The van der Waals surface area contributed by atoms with Crippen molar-refractivity contribution in [1.82, 2.24) is 0 Å². The molecule has 0 bridgehead atoms. The fourth-order valence-corrected chi connectivity index (χ4v) is 1.35. The standard InChI is InChI=1S/C12H16O4/c1-9(12(14)15-2)16-11-6-4-3-5-10(11)7-8-13/h3-6,9,13H,7-8H2,1-2H3. The number of hydrogen-bond acceptors (Lipinski definition) is 4. The number of esters is 1. The van der Waals surface area contributed by atoms with Crippen molar-refractivity contribution in [3.63, 3.8) is 0 Å². The van der Waals surface area contributed by atoms with Crippen LogP contribution in [0.15, 0.2) is 24.3 Å². The number of benzene rings is 1. The topological polar surface area (TPSA) is 55.8 Å². The van der Waals surface area contributed by atoms with Crippen molar-refractivity contribution in [2.75, 3.05) is 13.7 Å². The van der Waals surface area contributed by atoms with Crippen molar-refractivity contribution >= 4 is 5.97 Å². The summed E-state index contributed by atoms with van der Waals surface area (Å²) in [4.78, 5) is 11.2. The number of carbonyl (C=O) groups excluding carboxylic acids is 1. The van der Waals surface area contributed by atoms with E-state index in [1.54, 1.807) is 13.0 Å². The summed E-state index contributed by atoms with van der Waals surface area (Å²) in [5, 5.41) is 8.89. The van der Waals surface area contributed by atoms with Gasteiger partial charge in [0.05, 0.1) is 7.11 Å². The molecule has 0 saturated carbocycles. The lowest BCUT2D eigenvalue weighted by atomic mass is 10.1. The summed E-state index contributed by atoms with van der Waals surface area (Å²) >= 11 is 0. The Labute approximate surface area is 94.8 Å². The van der Waals surface area contributed by atoms with E-state index in [0.29, 0.717) is 12.2 Å². The number of ether oxygens (including phenoxy) is 2. The molecule has 0 fully saturated rings. The first-order valence-electron chi connectivity index (χ1n) is 5.12. The molecule has 4 heteroatoms. The Hall–Kier alpha value is -1.55. The first kappa shape index (κ1) is 12.5. The van der Waals surface area contributed by atoms with Gasteiger partial charge in [0.15, 0.2) is 6.10 Å². The molecule has 0 radical (unpaired) electrons. The van der Waals surface area contributed by atoms with Gasteiger partial charge in [-0.15, -0.1) is 0 Å². The summed E-state index contributed by atoms with van der Waals surface area (Å²) < 4.78 is 10.0. The normalized spacial score (nSPS) is 11.9. The summed E-state index contributed by atoms with van der Waals surface area (Å²) in [6.45, 7) is 1.68. The molecule has 0 aliphatic heterocycles. The van der Waals surface area contributed by atoms with Crippen LogP contribution in [0.3, 0.4) is 0 Å². The minimum absolute atomic E-state index is 0.0486. The Morgan fingerprint density at radius 3 is 2.75 bits per heavy atom. The van der Waals surface area contributed by atoms with Gasteiger partial charge in [0.25, 0.3) is 0 Å². The highest BCUT2D eigenvalue weighted by atomic mass is 16.6. The second kappa shape index (κ2) is 6.12. The zero-order valence-electron chi connectivity index (χ0n) is 9.47. The molecule has 0 aliphatic rings. The molecule has 1 rings (SSSR count). The molecule has 0 amide bonds. The average molecular weight is 224 g/mol. The number of carbonyl (C=O) groups is 1. The van der Waals surface area contributed by atoms with Gasteiger partial charge in [0.2, 0.25) is 0 Å². The maximum atomic E-state index is 11.2. The summed E-state index contributed by atoms with van der Waals surface area (Å²) in [6, 6.07) is 7.31. The van der Waals surface area contributed by atoms with Crippen LogP contribution in [0, 0.1) is 0 Å². The van der Waals surface area contributed by atoms with E-state index < -0.39 is 12.1 Å². The van der Waals surface area contributed by atoms with Crippen LogP contribution < -0.4 is 4.74 Å². The fourth-order valence-electron chi connectivity index (χ4n) is 1.35. The maximum Gasteiger partial charge on any atom is 0.346 e. The summed E-state index contributed by atoms with van der Waals surface area (Å²) in [5.74, 6) is 0.188. The number of aliphatic hydroxyl groups excluding tert-OH is 1. The largest absolute Gasteiger partial charge is 0.479 e. The molecular weight excluding hydrogens is 208 g/mol. The van der Waals surface area contributed by atoms with Crippen molar-refractivity contribution in [2.24, 2.45) is 0 Å². The first-order chi connectivity index (χ1) is 7.69. The minimum atomic E-state index is -0.648. The summed E-state index contributed by atoms with van der Waals surface area (Å²) in [7, 11) is 1.32. The van der Waals surface area contributed by atoms with E-state index in [4.69, 9.17) is 9.84 Å². The van der Waals surface area contributed by atoms with E-state index in [0.717, 1.165) is 5.56 Å². The highest BCUT2D eigenvalue weighted by molar-refractivity contribution is 5.74. The zero-order chi connectivity index (χ0) is 12.0. The predicted molar refractivity (Wildman–Crippen MR) is 59.3 cm³/mol. The van der Waals surface area contributed by atoms with Crippen LogP contribution in [0.2, 0.25) is 0 Å². The third-order valence-corrected chi connectivity index (χ3v) is 2.19. The van der Waals surface area contributed by atoms with Gasteiger partial charge >= 0.3 is 5.97 Å². The SMILES string of the molecule is COC(=O)C(C)Oc1ccccc1CCO. The minimum Gasteiger partial charge on any atom is -0.479 e. The Balaban J connectivity index is 2.75. The molecule has 0 spiro atoms. The van der Waals surface area contributed by atoms with Crippen molar-refractivity contribution in [1.29, 1.82) is 0 Å². The molecule has 1 aromatic rings. The van der Waals surface area contributed by atoms with E-state index in [1.165, 1.54) is 7.11 Å². The summed E-state index contributed by atoms with van der Waals surface area (Å²) in [5.41, 5.74) is 0.876. The van der Waals surface area contributed by atoms with Crippen LogP contribution in [0.1, 0.15) is 12.5 Å². The molecule has 1 aromatic carbocycles. The van der Waals surface area contributed by atoms with Gasteiger partial charge in [0.1, 0.15) is 5.75 Å². The van der Waals surface area contributed by atoms with Gasteiger partial charge in [-0.2, -0.15) is 0 Å². The predicted octanol–water partition coefficient (Wildman–Crippen LogP) is 1.16. The van der Waals surface area contributed by atoms with Gasteiger partial charge in [-0.25, -0.2) is 4.79 Å². The Morgan fingerprint density at radius 1 is 1.44 bits per heavy atom. The van der Waals surface area contributed by atoms with Gasteiger partial charge in [-0.3, -0.25) is 0 Å².